The second-order valence-corrected chi connectivity index (χ2v) is 6.90. The summed E-state index contributed by atoms with van der Waals surface area (Å²) in [5.41, 5.74) is 2.63. The maximum atomic E-state index is 2.24. The minimum Gasteiger partial charge on any atom is -0.139 e. The van der Waals surface area contributed by atoms with Crippen LogP contribution in [-0.2, 0) is 6.42 Å². The van der Waals surface area contributed by atoms with Crippen LogP contribution in [0.4, 0.5) is 0 Å². The number of aryl methyl sites for hydroxylation is 2. The largest absolute Gasteiger partial charge is 0.139 e. The molecule has 0 aliphatic carbocycles. The standard InChI is InChI=1S/C17H16S2/c1-3-14-8-9-16(18-14)17-11-10-15(19-17)13-6-4-12(2)5-7-13/h4-11H,3H2,1-2H3. The van der Waals surface area contributed by atoms with E-state index in [1.807, 2.05) is 22.7 Å². The van der Waals surface area contributed by atoms with Gasteiger partial charge in [-0.2, -0.15) is 0 Å². The number of rotatable bonds is 3. The molecule has 0 aliphatic heterocycles. The second kappa shape index (κ2) is 5.32. The molecule has 0 radical (unpaired) electrons. The van der Waals surface area contributed by atoms with Gasteiger partial charge in [0.25, 0.3) is 0 Å². The zero-order valence-electron chi connectivity index (χ0n) is 11.1. The van der Waals surface area contributed by atoms with Crippen LogP contribution in [0.15, 0.2) is 48.5 Å². The van der Waals surface area contributed by atoms with E-state index in [0.29, 0.717) is 0 Å². The van der Waals surface area contributed by atoms with E-state index in [0.717, 1.165) is 6.42 Å². The van der Waals surface area contributed by atoms with Crippen LogP contribution in [0.1, 0.15) is 17.4 Å². The highest BCUT2D eigenvalue weighted by molar-refractivity contribution is 7.23. The molecule has 0 N–H and O–H groups in total. The zero-order valence-corrected chi connectivity index (χ0v) is 12.8. The highest BCUT2D eigenvalue weighted by Gasteiger charge is 2.07. The topological polar surface area (TPSA) is 0 Å². The summed E-state index contributed by atoms with van der Waals surface area (Å²) < 4.78 is 0. The summed E-state index contributed by atoms with van der Waals surface area (Å²) in [6.07, 6.45) is 1.13. The fourth-order valence-corrected chi connectivity index (χ4v) is 4.09. The lowest BCUT2D eigenvalue weighted by atomic mass is 10.1. The van der Waals surface area contributed by atoms with Crippen LogP contribution in [0, 0.1) is 6.92 Å². The lowest BCUT2D eigenvalue weighted by Gasteiger charge is -1.97. The Balaban J connectivity index is 1.92. The number of thiophene rings is 2. The van der Waals surface area contributed by atoms with Gasteiger partial charge in [0.05, 0.1) is 0 Å². The van der Waals surface area contributed by atoms with E-state index in [1.165, 1.54) is 30.6 Å². The molecule has 96 valence electrons. The number of hydrogen-bond acceptors (Lipinski definition) is 2. The van der Waals surface area contributed by atoms with E-state index in [1.54, 1.807) is 0 Å². The van der Waals surface area contributed by atoms with Gasteiger partial charge in [0.2, 0.25) is 0 Å². The van der Waals surface area contributed by atoms with E-state index in [-0.39, 0.29) is 0 Å². The average molecular weight is 284 g/mol. The molecular weight excluding hydrogens is 268 g/mol. The molecule has 0 atom stereocenters. The Bertz CT molecular complexity index is 671. The molecule has 3 aromatic rings. The van der Waals surface area contributed by atoms with Crippen LogP contribution in [0.25, 0.3) is 20.2 Å². The molecule has 2 heterocycles. The molecule has 0 unspecified atom stereocenters. The summed E-state index contributed by atoms with van der Waals surface area (Å²) in [4.78, 5) is 5.57. The second-order valence-electron chi connectivity index (χ2n) is 4.65. The SMILES string of the molecule is CCc1ccc(-c2ccc(-c3ccc(C)cc3)s2)s1. The van der Waals surface area contributed by atoms with E-state index in [2.05, 4.69) is 62.4 Å². The first kappa shape index (κ1) is 12.6. The first-order chi connectivity index (χ1) is 9.26. The minimum absolute atomic E-state index is 1.13. The molecule has 0 saturated heterocycles. The molecule has 0 spiro atoms. The average Bonchev–Trinajstić information content (AvgIpc) is 3.08. The highest BCUT2D eigenvalue weighted by Crippen LogP contribution is 2.37. The van der Waals surface area contributed by atoms with Gasteiger partial charge < -0.3 is 0 Å². The van der Waals surface area contributed by atoms with Crippen molar-refractivity contribution in [2.75, 3.05) is 0 Å². The van der Waals surface area contributed by atoms with E-state index < -0.39 is 0 Å². The lowest BCUT2D eigenvalue weighted by molar-refractivity contribution is 1.19. The van der Waals surface area contributed by atoms with E-state index >= 15 is 0 Å². The molecule has 0 fully saturated rings. The van der Waals surface area contributed by atoms with Crippen molar-refractivity contribution in [1.82, 2.24) is 0 Å². The molecule has 0 amide bonds. The predicted molar refractivity (Wildman–Crippen MR) is 87.2 cm³/mol. The van der Waals surface area contributed by atoms with E-state index in [4.69, 9.17) is 0 Å². The Labute approximate surface area is 122 Å². The Morgan fingerprint density at radius 1 is 0.737 bits per heavy atom. The van der Waals surface area contributed by atoms with Crippen molar-refractivity contribution >= 4 is 22.7 Å². The molecule has 2 aromatic heterocycles. The summed E-state index contributed by atoms with van der Waals surface area (Å²) in [6, 6.07) is 17.7. The van der Waals surface area contributed by atoms with Crippen molar-refractivity contribution in [3.8, 4) is 20.2 Å². The fourth-order valence-electron chi connectivity index (χ4n) is 2.04. The Morgan fingerprint density at radius 2 is 1.37 bits per heavy atom. The molecule has 19 heavy (non-hydrogen) atoms. The van der Waals surface area contributed by atoms with Crippen LogP contribution in [0.3, 0.4) is 0 Å². The monoisotopic (exact) mass is 284 g/mol. The highest BCUT2D eigenvalue weighted by atomic mass is 32.1. The molecule has 0 bridgehead atoms. The lowest BCUT2D eigenvalue weighted by Crippen LogP contribution is -1.72. The van der Waals surface area contributed by atoms with Crippen LogP contribution in [-0.4, -0.2) is 0 Å². The summed E-state index contributed by atoms with van der Waals surface area (Å²) in [5.74, 6) is 0. The van der Waals surface area contributed by atoms with Gasteiger partial charge in [-0.1, -0.05) is 36.8 Å². The maximum absolute atomic E-state index is 2.24. The Kier molecular flexibility index (Phi) is 3.54. The number of benzene rings is 1. The van der Waals surface area contributed by atoms with Crippen molar-refractivity contribution in [3.05, 3.63) is 59.0 Å². The van der Waals surface area contributed by atoms with Gasteiger partial charge in [0.1, 0.15) is 0 Å². The van der Waals surface area contributed by atoms with Gasteiger partial charge in [-0.25, -0.2) is 0 Å². The molecule has 0 saturated carbocycles. The minimum atomic E-state index is 1.13. The fraction of sp³-hybridized carbons (Fsp3) is 0.176. The first-order valence-electron chi connectivity index (χ1n) is 6.52. The van der Waals surface area contributed by atoms with Gasteiger partial charge in [-0.3, -0.25) is 0 Å². The third-order valence-corrected chi connectivity index (χ3v) is 5.75. The van der Waals surface area contributed by atoms with Crippen molar-refractivity contribution in [3.63, 3.8) is 0 Å². The molecular formula is C17H16S2. The van der Waals surface area contributed by atoms with E-state index in [9.17, 15) is 0 Å². The Hall–Kier alpha value is -1.38. The molecule has 0 aliphatic rings. The van der Waals surface area contributed by atoms with Gasteiger partial charge in [0.15, 0.2) is 0 Å². The first-order valence-corrected chi connectivity index (χ1v) is 8.15. The van der Waals surface area contributed by atoms with Crippen molar-refractivity contribution in [1.29, 1.82) is 0 Å². The third kappa shape index (κ3) is 2.65. The normalized spacial score (nSPS) is 10.8. The van der Waals surface area contributed by atoms with Crippen LogP contribution >= 0.6 is 22.7 Å². The van der Waals surface area contributed by atoms with Crippen molar-refractivity contribution < 1.29 is 0 Å². The van der Waals surface area contributed by atoms with Gasteiger partial charge >= 0.3 is 0 Å². The van der Waals surface area contributed by atoms with Crippen LogP contribution in [0.5, 0.6) is 0 Å². The smallest absolute Gasteiger partial charge is 0.0449 e. The summed E-state index contributed by atoms with van der Waals surface area (Å²) in [6.45, 7) is 4.34. The molecule has 1 aromatic carbocycles. The number of hydrogen-bond donors (Lipinski definition) is 0. The maximum Gasteiger partial charge on any atom is 0.0449 e. The third-order valence-electron chi connectivity index (χ3n) is 3.20. The molecule has 3 rings (SSSR count). The zero-order chi connectivity index (χ0) is 13.2. The van der Waals surface area contributed by atoms with Gasteiger partial charge in [-0.05, 0) is 43.2 Å². The van der Waals surface area contributed by atoms with Crippen LogP contribution in [0.2, 0.25) is 0 Å². The quantitative estimate of drug-likeness (QED) is 0.552. The van der Waals surface area contributed by atoms with Crippen LogP contribution < -0.4 is 0 Å². The van der Waals surface area contributed by atoms with Crippen molar-refractivity contribution in [2.24, 2.45) is 0 Å². The summed E-state index contributed by atoms with van der Waals surface area (Å²) in [7, 11) is 0. The van der Waals surface area contributed by atoms with Gasteiger partial charge in [-0.15, -0.1) is 22.7 Å². The molecule has 0 nitrogen and oxygen atoms in total. The molecule has 2 heteroatoms. The predicted octanol–water partition coefficient (Wildman–Crippen LogP) is 6.01. The van der Waals surface area contributed by atoms with Crippen molar-refractivity contribution in [2.45, 2.75) is 20.3 Å². The summed E-state index contributed by atoms with van der Waals surface area (Å²) >= 11 is 3.79. The Morgan fingerprint density at radius 3 is 2.05 bits per heavy atom. The summed E-state index contributed by atoms with van der Waals surface area (Å²) in [5, 5.41) is 0. The van der Waals surface area contributed by atoms with Gasteiger partial charge in [0, 0.05) is 19.5 Å².